The van der Waals surface area contributed by atoms with Crippen LogP contribution in [0.15, 0.2) is 27.0 Å². The van der Waals surface area contributed by atoms with Gasteiger partial charge in [0.25, 0.3) is 0 Å². The van der Waals surface area contributed by atoms with Crippen LogP contribution in [0, 0.1) is 20.8 Å². The Labute approximate surface area is 108 Å². The van der Waals surface area contributed by atoms with Crippen molar-refractivity contribution >= 4 is 0 Å². The first-order valence-corrected chi connectivity index (χ1v) is 6.48. The third-order valence-electron chi connectivity index (χ3n) is 3.03. The summed E-state index contributed by atoms with van der Waals surface area (Å²) in [6, 6.07) is 6.19. The van der Waals surface area contributed by atoms with E-state index in [9.17, 15) is 0 Å². The van der Waals surface area contributed by atoms with Crippen molar-refractivity contribution in [2.75, 3.05) is 6.54 Å². The second kappa shape index (κ2) is 5.44. The van der Waals surface area contributed by atoms with Crippen LogP contribution in [0.1, 0.15) is 48.0 Å². The highest BCUT2D eigenvalue weighted by molar-refractivity contribution is 5.30. The Morgan fingerprint density at radius 1 is 1.11 bits per heavy atom. The zero-order chi connectivity index (χ0) is 13.1. The fourth-order valence-electron chi connectivity index (χ4n) is 2.20. The topological polar surface area (TPSA) is 38.3 Å². The van der Waals surface area contributed by atoms with Gasteiger partial charge in [0.1, 0.15) is 23.0 Å². The third kappa shape index (κ3) is 2.67. The Hall–Kier alpha value is -1.48. The fourth-order valence-corrected chi connectivity index (χ4v) is 2.20. The van der Waals surface area contributed by atoms with Crippen molar-refractivity contribution in [2.24, 2.45) is 0 Å². The molecule has 1 N–H and O–H groups in total. The van der Waals surface area contributed by atoms with Gasteiger partial charge in [0.15, 0.2) is 0 Å². The van der Waals surface area contributed by atoms with Crippen LogP contribution >= 0.6 is 0 Å². The molecule has 18 heavy (non-hydrogen) atoms. The second-order valence-electron chi connectivity index (χ2n) is 4.70. The highest BCUT2D eigenvalue weighted by Crippen LogP contribution is 2.28. The highest BCUT2D eigenvalue weighted by atomic mass is 16.3. The summed E-state index contributed by atoms with van der Waals surface area (Å²) in [7, 11) is 0. The van der Waals surface area contributed by atoms with Gasteiger partial charge in [0.2, 0.25) is 0 Å². The molecule has 0 saturated heterocycles. The standard InChI is InChI=1S/C15H21NO2/c1-5-8-16-15(14-7-6-10(2)18-14)13-9-11(3)17-12(13)4/h6-7,9,15-16H,5,8H2,1-4H3. The first-order chi connectivity index (χ1) is 8.61. The lowest BCUT2D eigenvalue weighted by molar-refractivity contribution is 0.424. The molecule has 0 amide bonds. The van der Waals surface area contributed by atoms with Crippen molar-refractivity contribution in [1.29, 1.82) is 0 Å². The molecular formula is C15H21NO2. The minimum atomic E-state index is 0.0797. The number of furan rings is 2. The Bertz CT molecular complexity index is 510. The van der Waals surface area contributed by atoms with E-state index in [1.54, 1.807) is 0 Å². The minimum Gasteiger partial charge on any atom is -0.466 e. The van der Waals surface area contributed by atoms with Crippen molar-refractivity contribution in [3.63, 3.8) is 0 Å². The van der Waals surface area contributed by atoms with E-state index >= 15 is 0 Å². The molecule has 98 valence electrons. The molecule has 3 heteroatoms. The monoisotopic (exact) mass is 247 g/mol. The molecule has 2 rings (SSSR count). The molecule has 0 fully saturated rings. The Kier molecular flexibility index (Phi) is 3.92. The predicted molar refractivity (Wildman–Crippen MR) is 71.8 cm³/mol. The van der Waals surface area contributed by atoms with Crippen molar-refractivity contribution < 1.29 is 8.83 Å². The molecule has 0 aliphatic heterocycles. The fraction of sp³-hybridized carbons (Fsp3) is 0.467. The van der Waals surface area contributed by atoms with Gasteiger partial charge in [-0.3, -0.25) is 0 Å². The van der Waals surface area contributed by atoms with Crippen molar-refractivity contribution in [3.05, 3.63) is 46.8 Å². The normalized spacial score (nSPS) is 12.9. The molecule has 2 aromatic heterocycles. The third-order valence-corrected chi connectivity index (χ3v) is 3.03. The van der Waals surface area contributed by atoms with E-state index in [-0.39, 0.29) is 6.04 Å². The lowest BCUT2D eigenvalue weighted by Crippen LogP contribution is -2.23. The molecule has 2 aromatic rings. The molecule has 1 atom stereocenters. The van der Waals surface area contributed by atoms with Gasteiger partial charge in [-0.2, -0.15) is 0 Å². The van der Waals surface area contributed by atoms with Crippen LogP contribution in [0.3, 0.4) is 0 Å². The Balaban J connectivity index is 2.33. The van der Waals surface area contributed by atoms with Crippen LogP contribution in [0.5, 0.6) is 0 Å². The SMILES string of the molecule is CCCNC(c1ccc(C)o1)c1cc(C)oc1C. The van der Waals surface area contributed by atoms with E-state index in [0.29, 0.717) is 0 Å². The molecule has 0 aromatic carbocycles. The summed E-state index contributed by atoms with van der Waals surface area (Å²) in [6.45, 7) is 9.05. The zero-order valence-corrected chi connectivity index (χ0v) is 11.5. The van der Waals surface area contributed by atoms with E-state index in [0.717, 1.165) is 41.6 Å². The highest BCUT2D eigenvalue weighted by Gasteiger charge is 2.21. The number of hydrogen-bond donors (Lipinski definition) is 1. The van der Waals surface area contributed by atoms with Crippen molar-refractivity contribution in [3.8, 4) is 0 Å². The summed E-state index contributed by atoms with van der Waals surface area (Å²) >= 11 is 0. The summed E-state index contributed by atoms with van der Waals surface area (Å²) in [4.78, 5) is 0. The maximum absolute atomic E-state index is 5.76. The largest absolute Gasteiger partial charge is 0.466 e. The molecule has 0 aliphatic carbocycles. The molecule has 0 aliphatic rings. The van der Waals surface area contributed by atoms with Crippen molar-refractivity contribution in [1.82, 2.24) is 5.32 Å². The molecule has 2 heterocycles. The van der Waals surface area contributed by atoms with Crippen LogP contribution in [0.4, 0.5) is 0 Å². The number of aryl methyl sites for hydroxylation is 3. The number of nitrogens with one attached hydrogen (secondary N) is 1. The average molecular weight is 247 g/mol. The van der Waals surface area contributed by atoms with Gasteiger partial charge >= 0.3 is 0 Å². The average Bonchev–Trinajstić information content (AvgIpc) is 2.87. The zero-order valence-electron chi connectivity index (χ0n) is 11.5. The van der Waals surface area contributed by atoms with Crippen LogP contribution in [-0.4, -0.2) is 6.54 Å². The molecular weight excluding hydrogens is 226 g/mol. The summed E-state index contributed by atoms with van der Waals surface area (Å²) in [5.41, 5.74) is 1.16. The van der Waals surface area contributed by atoms with Gasteiger partial charge < -0.3 is 14.2 Å². The van der Waals surface area contributed by atoms with Gasteiger partial charge in [0, 0.05) is 5.56 Å². The summed E-state index contributed by atoms with van der Waals surface area (Å²) in [5.74, 6) is 3.78. The molecule has 0 radical (unpaired) electrons. The Morgan fingerprint density at radius 2 is 1.89 bits per heavy atom. The van der Waals surface area contributed by atoms with Gasteiger partial charge in [-0.25, -0.2) is 0 Å². The van der Waals surface area contributed by atoms with Gasteiger partial charge in [-0.1, -0.05) is 6.92 Å². The Morgan fingerprint density at radius 3 is 2.39 bits per heavy atom. The van der Waals surface area contributed by atoms with E-state index < -0.39 is 0 Å². The molecule has 0 spiro atoms. The molecule has 0 bridgehead atoms. The molecule has 0 saturated carbocycles. The number of rotatable bonds is 5. The number of hydrogen-bond acceptors (Lipinski definition) is 3. The summed E-state index contributed by atoms with van der Waals surface area (Å²) in [5, 5.41) is 3.52. The van der Waals surface area contributed by atoms with Crippen molar-refractivity contribution in [2.45, 2.75) is 40.2 Å². The van der Waals surface area contributed by atoms with Crippen LogP contribution in [0.2, 0.25) is 0 Å². The second-order valence-corrected chi connectivity index (χ2v) is 4.70. The van der Waals surface area contributed by atoms with E-state index in [2.05, 4.69) is 18.3 Å². The van der Waals surface area contributed by atoms with Gasteiger partial charge in [0.05, 0.1) is 6.04 Å². The summed E-state index contributed by atoms with van der Waals surface area (Å²) < 4.78 is 11.4. The first-order valence-electron chi connectivity index (χ1n) is 6.48. The smallest absolute Gasteiger partial charge is 0.125 e. The molecule has 1 unspecified atom stereocenters. The van der Waals surface area contributed by atoms with Gasteiger partial charge in [-0.05, 0) is 51.9 Å². The van der Waals surface area contributed by atoms with Gasteiger partial charge in [-0.15, -0.1) is 0 Å². The van der Waals surface area contributed by atoms with Crippen LogP contribution < -0.4 is 5.32 Å². The maximum Gasteiger partial charge on any atom is 0.125 e. The lowest BCUT2D eigenvalue weighted by atomic mass is 10.0. The first kappa shape index (κ1) is 13.0. The maximum atomic E-state index is 5.76. The van der Waals surface area contributed by atoms with E-state index in [1.807, 2.05) is 32.9 Å². The van der Waals surface area contributed by atoms with Crippen LogP contribution in [-0.2, 0) is 0 Å². The quantitative estimate of drug-likeness (QED) is 0.871. The van der Waals surface area contributed by atoms with E-state index in [4.69, 9.17) is 8.83 Å². The molecule has 3 nitrogen and oxygen atoms in total. The van der Waals surface area contributed by atoms with Crippen LogP contribution in [0.25, 0.3) is 0 Å². The predicted octanol–water partition coefficient (Wildman–Crippen LogP) is 3.89. The minimum absolute atomic E-state index is 0.0797. The van der Waals surface area contributed by atoms with E-state index in [1.165, 1.54) is 0 Å². The lowest BCUT2D eigenvalue weighted by Gasteiger charge is -2.15. The summed E-state index contributed by atoms with van der Waals surface area (Å²) in [6.07, 6.45) is 1.09.